The summed E-state index contributed by atoms with van der Waals surface area (Å²) < 4.78 is 5.84. The van der Waals surface area contributed by atoms with Gasteiger partial charge in [0, 0.05) is 22.4 Å². The van der Waals surface area contributed by atoms with Crippen molar-refractivity contribution in [2.45, 2.75) is 13.8 Å². The minimum absolute atomic E-state index is 0.172. The second kappa shape index (κ2) is 6.10. The largest absolute Gasteiger partial charge is 0.356 e. The molecule has 2 aliphatic heterocycles. The van der Waals surface area contributed by atoms with E-state index in [2.05, 4.69) is 19.1 Å². The zero-order valence-electron chi connectivity index (χ0n) is 14.3. The van der Waals surface area contributed by atoms with E-state index in [1.165, 1.54) is 14.8 Å². The molecule has 4 rings (SSSR count). The Hall–Kier alpha value is -1.93. The smallest absolute Gasteiger partial charge is 0.275 e. The van der Waals surface area contributed by atoms with Crippen LogP contribution >= 0.6 is 22.7 Å². The summed E-state index contributed by atoms with van der Waals surface area (Å²) in [5.41, 5.74) is 3.19. The lowest BCUT2D eigenvalue weighted by Crippen LogP contribution is -2.33. The molecule has 130 valence electrons. The molecular formula is C18H19N3O2S2. The summed E-state index contributed by atoms with van der Waals surface area (Å²) in [6.45, 7) is 4.92. The molecule has 0 aromatic carbocycles. The number of ether oxygens (including phenoxy) is 1. The monoisotopic (exact) mass is 373 g/mol. The van der Waals surface area contributed by atoms with Crippen molar-refractivity contribution >= 4 is 40.0 Å². The van der Waals surface area contributed by atoms with Crippen molar-refractivity contribution in [3.8, 4) is 0 Å². The first-order valence-corrected chi connectivity index (χ1v) is 9.60. The van der Waals surface area contributed by atoms with E-state index in [1.807, 2.05) is 31.0 Å². The number of thiophene rings is 2. The van der Waals surface area contributed by atoms with Crippen molar-refractivity contribution in [2.24, 2.45) is 5.84 Å². The minimum Gasteiger partial charge on any atom is -0.356 e. The summed E-state index contributed by atoms with van der Waals surface area (Å²) in [6, 6.07) is 8.19. The number of fused-ring (bicyclic) bond motifs is 1. The topological polar surface area (TPSA) is 58.8 Å². The molecule has 1 amide bonds. The van der Waals surface area contributed by atoms with E-state index < -0.39 is 0 Å². The van der Waals surface area contributed by atoms with E-state index in [9.17, 15) is 4.79 Å². The number of rotatable bonds is 2. The van der Waals surface area contributed by atoms with Gasteiger partial charge in [-0.15, -0.1) is 22.7 Å². The number of carbonyl (C=O) groups is 1. The standard InChI is InChI=1S/C18H19N3O2S2/c1-10-4-6-13(24-10)16-12-8-23-9-20(3)17(14-7-5-11(2)25-14)15(12)18(22)21(16)19/h4-7H,8-9,19H2,1-3H3. The summed E-state index contributed by atoms with van der Waals surface area (Å²) in [5.74, 6) is 6.02. The first-order chi connectivity index (χ1) is 12.0. The van der Waals surface area contributed by atoms with Crippen LogP contribution in [0.3, 0.4) is 0 Å². The SMILES string of the molecule is Cc1ccc(C2=C3C(=O)N(N)C(c4ccc(C)s4)=C3COCN2C)s1. The predicted octanol–water partition coefficient (Wildman–Crippen LogP) is 3.18. The molecule has 0 bridgehead atoms. The number of amides is 1. The van der Waals surface area contributed by atoms with Gasteiger partial charge in [0.1, 0.15) is 6.73 Å². The Kier molecular flexibility index (Phi) is 4.04. The number of hydrazine groups is 1. The molecule has 0 aliphatic carbocycles. The summed E-state index contributed by atoms with van der Waals surface area (Å²) in [4.78, 5) is 19.5. The van der Waals surface area contributed by atoms with Crippen LogP contribution in [-0.4, -0.2) is 36.2 Å². The number of nitrogens with zero attached hydrogens (tertiary/aromatic N) is 2. The maximum atomic E-state index is 13.0. The third kappa shape index (κ3) is 2.64. The average Bonchev–Trinajstić information content (AvgIpc) is 3.20. The van der Waals surface area contributed by atoms with E-state index in [4.69, 9.17) is 10.6 Å². The lowest BCUT2D eigenvalue weighted by Gasteiger charge is -2.21. The van der Waals surface area contributed by atoms with Crippen molar-refractivity contribution in [2.75, 3.05) is 20.4 Å². The van der Waals surface area contributed by atoms with Gasteiger partial charge in [0.2, 0.25) is 0 Å². The van der Waals surface area contributed by atoms with Crippen LogP contribution in [0.15, 0.2) is 35.4 Å². The van der Waals surface area contributed by atoms with Crippen molar-refractivity contribution < 1.29 is 9.53 Å². The molecule has 2 aromatic rings. The fraction of sp³-hybridized carbons (Fsp3) is 0.278. The molecule has 2 aromatic heterocycles. The van der Waals surface area contributed by atoms with Gasteiger partial charge in [-0.2, -0.15) is 0 Å². The van der Waals surface area contributed by atoms with E-state index >= 15 is 0 Å². The molecular weight excluding hydrogens is 354 g/mol. The summed E-state index contributed by atoms with van der Waals surface area (Å²) in [6.07, 6.45) is 0. The summed E-state index contributed by atoms with van der Waals surface area (Å²) in [7, 11) is 1.95. The van der Waals surface area contributed by atoms with Crippen LogP contribution in [0, 0.1) is 13.8 Å². The highest BCUT2D eigenvalue weighted by atomic mass is 32.1. The predicted molar refractivity (Wildman–Crippen MR) is 102 cm³/mol. The van der Waals surface area contributed by atoms with Gasteiger partial charge in [-0.1, -0.05) is 0 Å². The molecule has 0 fully saturated rings. The molecule has 2 aliphatic rings. The second-order valence-electron chi connectivity index (χ2n) is 6.22. The number of carbonyl (C=O) groups excluding carboxylic acids is 1. The van der Waals surface area contributed by atoms with Gasteiger partial charge in [-0.3, -0.25) is 4.79 Å². The third-order valence-electron chi connectivity index (χ3n) is 4.36. The van der Waals surface area contributed by atoms with Crippen LogP contribution in [0.5, 0.6) is 0 Å². The van der Waals surface area contributed by atoms with E-state index in [-0.39, 0.29) is 5.91 Å². The van der Waals surface area contributed by atoms with Crippen LogP contribution in [0.1, 0.15) is 19.5 Å². The molecule has 5 nitrogen and oxygen atoms in total. The van der Waals surface area contributed by atoms with Crippen molar-refractivity contribution in [1.82, 2.24) is 9.91 Å². The van der Waals surface area contributed by atoms with Gasteiger partial charge < -0.3 is 9.64 Å². The molecule has 0 saturated heterocycles. The van der Waals surface area contributed by atoms with Crippen molar-refractivity contribution in [1.29, 1.82) is 0 Å². The van der Waals surface area contributed by atoms with E-state index in [1.54, 1.807) is 22.7 Å². The van der Waals surface area contributed by atoms with Gasteiger partial charge >= 0.3 is 0 Å². The van der Waals surface area contributed by atoms with Gasteiger partial charge in [-0.05, 0) is 38.1 Å². The third-order valence-corrected chi connectivity index (χ3v) is 6.37. The van der Waals surface area contributed by atoms with Gasteiger partial charge in [0.15, 0.2) is 0 Å². The Bertz CT molecular complexity index is 922. The van der Waals surface area contributed by atoms with Gasteiger partial charge in [0.25, 0.3) is 5.91 Å². The number of hydrogen-bond acceptors (Lipinski definition) is 6. The molecule has 0 atom stereocenters. The second-order valence-corrected chi connectivity index (χ2v) is 8.80. The Balaban J connectivity index is 1.98. The number of nitrogens with two attached hydrogens (primary N) is 1. The van der Waals surface area contributed by atoms with Crippen LogP contribution in [-0.2, 0) is 9.53 Å². The first kappa shape index (κ1) is 16.5. The van der Waals surface area contributed by atoms with Crippen LogP contribution in [0.4, 0.5) is 0 Å². The van der Waals surface area contributed by atoms with Crippen molar-refractivity contribution in [3.63, 3.8) is 0 Å². The Morgan fingerprint density at radius 3 is 2.20 bits per heavy atom. The molecule has 7 heteroatoms. The Labute approximate surface area is 154 Å². The summed E-state index contributed by atoms with van der Waals surface area (Å²) in [5, 5.41) is 1.28. The van der Waals surface area contributed by atoms with E-state index in [0.717, 1.165) is 26.7 Å². The highest BCUT2D eigenvalue weighted by Crippen LogP contribution is 2.42. The van der Waals surface area contributed by atoms with Crippen LogP contribution < -0.4 is 5.84 Å². The van der Waals surface area contributed by atoms with Crippen LogP contribution in [0.25, 0.3) is 11.4 Å². The Morgan fingerprint density at radius 2 is 1.64 bits per heavy atom. The molecule has 0 spiro atoms. The molecule has 0 unspecified atom stereocenters. The highest BCUT2D eigenvalue weighted by molar-refractivity contribution is 7.13. The Morgan fingerprint density at radius 1 is 1.04 bits per heavy atom. The maximum Gasteiger partial charge on any atom is 0.275 e. The first-order valence-electron chi connectivity index (χ1n) is 7.97. The lowest BCUT2D eigenvalue weighted by molar-refractivity contribution is -0.123. The van der Waals surface area contributed by atoms with Crippen molar-refractivity contribution in [3.05, 3.63) is 54.9 Å². The van der Waals surface area contributed by atoms with Crippen LogP contribution in [0.2, 0.25) is 0 Å². The number of aryl methyl sites for hydroxylation is 2. The maximum absolute atomic E-state index is 13.0. The zero-order valence-corrected chi connectivity index (χ0v) is 16.0. The highest BCUT2D eigenvalue weighted by Gasteiger charge is 2.39. The van der Waals surface area contributed by atoms with Gasteiger partial charge in [0.05, 0.1) is 33.3 Å². The molecule has 2 N–H and O–H groups in total. The molecule has 4 heterocycles. The molecule has 0 saturated carbocycles. The fourth-order valence-electron chi connectivity index (χ4n) is 3.24. The number of hydrogen-bond donors (Lipinski definition) is 1. The minimum atomic E-state index is -0.172. The van der Waals surface area contributed by atoms with E-state index in [0.29, 0.717) is 18.9 Å². The quantitative estimate of drug-likeness (QED) is 0.649. The zero-order chi connectivity index (χ0) is 17.7. The van der Waals surface area contributed by atoms with Gasteiger partial charge in [-0.25, -0.2) is 10.9 Å². The lowest BCUT2D eigenvalue weighted by atomic mass is 10.0. The summed E-state index contributed by atoms with van der Waals surface area (Å²) >= 11 is 3.31. The fourth-order valence-corrected chi connectivity index (χ4v) is 5.15. The average molecular weight is 374 g/mol. The normalized spacial score (nSPS) is 18.3. The molecule has 0 radical (unpaired) electrons. The molecule has 25 heavy (non-hydrogen) atoms.